The van der Waals surface area contributed by atoms with Gasteiger partial charge >= 0.3 is 5.97 Å². The number of aromatic nitrogens is 3. The molecule has 7 heteroatoms. The Balaban J connectivity index is 1.81. The Morgan fingerprint density at radius 1 is 1.00 bits per heavy atom. The smallest absolute Gasteiger partial charge is 0.306 e. The molecule has 0 aliphatic carbocycles. The Morgan fingerprint density at radius 3 is 2.44 bits per heavy atom. The van der Waals surface area contributed by atoms with Gasteiger partial charge in [-0.05, 0) is 50.1 Å². The van der Waals surface area contributed by atoms with E-state index in [9.17, 15) is 4.79 Å². The lowest BCUT2D eigenvalue weighted by molar-refractivity contribution is -0.143. The maximum absolute atomic E-state index is 12.1. The van der Waals surface area contributed by atoms with E-state index in [0.717, 1.165) is 45.0 Å². The molecule has 0 unspecified atom stereocenters. The number of benzene rings is 2. The fraction of sp³-hybridized carbons (Fsp3) is 0.296. The minimum Gasteiger partial charge on any atom is -0.494 e. The van der Waals surface area contributed by atoms with Crippen LogP contribution in [0.15, 0.2) is 72.1 Å². The van der Waals surface area contributed by atoms with E-state index in [0.29, 0.717) is 19.6 Å². The monoisotopic (exact) mass is 475 g/mol. The lowest BCUT2D eigenvalue weighted by atomic mass is 10.1. The average Bonchev–Trinajstić information content (AvgIpc) is 3.26. The van der Waals surface area contributed by atoms with Crippen LogP contribution in [0.25, 0.3) is 27.8 Å². The zero-order valence-corrected chi connectivity index (χ0v) is 20.5. The molecule has 2 heterocycles. The second kappa shape index (κ2) is 11.2. The summed E-state index contributed by atoms with van der Waals surface area (Å²) in [6, 6.07) is 18.3. The van der Waals surface area contributed by atoms with Gasteiger partial charge in [-0.25, -0.2) is 9.97 Å². The standard InChI is InChI=1S/C27H29N3O3S/c1-4-22(16-24(31)33-6-3)34-27-25-23(19-10-8-7-9-11-19)17-30(26(25)28-18-29-27)20-12-14-21(15-13-20)32-5-2/h7-15,17-18,22H,4-6,16H2,1-3H3/t22-/m0/s1. The molecule has 0 spiro atoms. The van der Waals surface area contributed by atoms with Crippen molar-refractivity contribution in [3.05, 3.63) is 67.1 Å². The van der Waals surface area contributed by atoms with Crippen LogP contribution in [-0.4, -0.2) is 39.0 Å². The zero-order chi connectivity index (χ0) is 23.9. The van der Waals surface area contributed by atoms with Crippen LogP contribution >= 0.6 is 11.8 Å². The number of hydrogen-bond donors (Lipinski definition) is 0. The number of carbonyl (C=O) groups is 1. The molecule has 2 aromatic carbocycles. The molecule has 4 rings (SSSR count). The topological polar surface area (TPSA) is 66.2 Å². The summed E-state index contributed by atoms with van der Waals surface area (Å²) in [6.07, 6.45) is 4.89. The summed E-state index contributed by atoms with van der Waals surface area (Å²) in [5.74, 6) is 0.656. The summed E-state index contributed by atoms with van der Waals surface area (Å²) in [5.41, 5.74) is 3.96. The first-order chi connectivity index (χ1) is 16.6. The van der Waals surface area contributed by atoms with Gasteiger partial charge in [-0.3, -0.25) is 4.79 Å². The van der Waals surface area contributed by atoms with Gasteiger partial charge in [-0.1, -0.05) is 37.3 Å². The number of thioether (sulfide) groups is 1. The number of fused-ring (bicyclic) bond motifs is 1. The molecule has 34 heavy (non-hydrogen) atoms. The van der Waals surface area contributed by atoms with Crippen molar-refractivity contribution in [2.75, 3.05) is 13.2 Å². The van der Waals surface area contributed by atoms with Gasteiger partial charge < -0.3 is 14.0 Å². The van der Waals surface area contributed by atoms with E-state index >= 15 is 0 Å². The number of hydrogen-bond acceptors (Lipinski definition) is 6. The van der Waals surface area contributed by atoms with Crippen LogP contribution in [0, 0.1) is 0 Å². The summed E-state index contributed by atoms with van der Waals surface area (Å²) in [6.45, 7) is 6.90. The second-order valence-electron chi connectivity index (χ2n) is 7.74. The Kier molecular flexibility index (Phi) is 7.85. The minimum atomic E-state index is -0.178. The van der Waals surface area contributed by atoms with Gasteiger partial charge in [0.05, 0.1) is 25.0 Å². The van der Waals surface area contributed by atoms with Crippen molar-refractivity contribution in [1.29, 1.82) is 0 Å². The molecule has 4 aromatic rings. The van der Waals surface area contributed by atoms with E-state index in [4.69, 9.17) is 9.47 Å². The Hall–Kier alpha value is -3.32. The van der Waals surface area contributed by atoms with Crippen LogP contribution in [0.3, 0.4) is 0 Å². The zero-order valence-electron chi connectivity index (χ0n) is 19.7. The first kappa shape index (κ1) is 23.8. The molecule has 6 nitrogen and oxygen atoms in total. The summed E-state index contributed by atoms with van der Waals surface area (Å²) in [5, 5.41) is 1.91. The number of carbonyl (C=O) groups excluding carboxylic acids is 1. The highest BCUT2D eigenvalue weighted by Crippen LogP contribution is 2.39. The molecule has 0 aliphatic rings. The number of rotatable bonds is 10. The lowest BCUT2D eigenvalue weighted by Gasteiger charge is -2.14. The molecule has 0 fully saturated rings. The van der Waals surface area contributed by atoms with Crippen molar-refractivity contribution in [2.45, 2.75) is 43.9 Å². The van der Waals surface area contributed by atoms with Gasteiger partial charge in [-0.15, -0.1) is 11.8 Å². The largest absolute Gasteiger partial charge is 0.494 e. The van der Waals surface area contributed by atoms with Crippen molar-refractivity contribution >= 4 is 28.8 Å². The Morgan fingerprint density at radius 2 is 1.76 bits per heavy atom. The summed E-state index contributed by atoms with van der Waals surface area (Å²) in [4.78, 5) is 21.4. The Bertz CT molecular complexity index is 1240. The van der Waals surface area contributed by atoms with E-state index in [1.165, 1.54) is 0 Å². The lowest BCUT2D eigenvalue weighted by Crippen LogP contribution is -2.13. The molecule has 0 saturated carbocycles. The first-order valence-electron chi connectivity index (χ1n) is 11.6. The van der Waals surface area contributed by atoms with Crippen LogP contribution in [0.2, 0.25) is 0 Å². The summed E-state index contributed by atoms with van der Waals surface area (Å²) >= 11 is 1.61. The van der Waals surface area contributed by atoms with Gasteiger partial charge in [0.25, 0.3) is 0 Å². The highest BCUT2D eigenvalue weighted by Gasteiger charge is 2.21. The Labute approximate surface area is 204 Å². The quantitative estimate of drug-likeness (QED) is 0.152. The van der Waals surface area contributed by atoms with Crippen molar-refractivity contribution < 1.29 is 14.3 Å². The third-order valence-electron chi connectivity index (χ3n) is 5.49. The molecule has 0 saturated heterocycles. The van der Waals surface area contributed by atoms with E-state index in [1.54, 1.807) is 18.1 Å². The normalized spacial score (nSPS) is 12.0. The van der Waals surface area contributed by atoms with Crippen LogP contribution in [0.5, 0.6) is 5.75 Å². The minimum absolute atomic E-state index is 0.0644. The van der Waals surface area contributed by atoms with Crippen LogP contribution in [0.1, 0.15) is 33.6 Å². The van der Waals surface area contributed by atoms with Crippen LogP contribution in [-0.2, 0) is 9.53 Å². The third-order valence-corrected chi connectivity index (χ3v) is 6.86. The van der Waals surface area contributed by atoms with E-state index in [-0.39, 0.29) is 11.2 Å². The van der Waals surface area contributed by atoms with Gasteiger partial charge in [0.15, 0.2) is 0 Å². The van der Waals surface area contributed by atoms with Crippen molar-refractivity contribution in [3.8, 4) is 22.6 Å². The highest BCUT2D eigenvalue weighted by molar-refractivity contribution is 8.00. The van der Waals surface area contributed by atoms with E-state index < -0.39 is 0 Å². The van der Waals surface area contributed by atoms with Crippen molar-refractivity contribution in [1.82, 2.24) is 14.5 Å². The number of esters is 1. The molecule has 176 valence electrons. The van der Waals surface area contributed by atoms with Gasteiger partial charge in [0.2, 0.25) is 0 Å². The van der Waals surface area contributed by atoms with E-state index in [1.807, 2.05) is 56.3 Å². The maximum atomic E-state index is 12.1. The number of nitrogens with zero attached hydrogens (tertiary/aromatic N) is 3. The predicted molar refractivity (Wildman–Crippen MR) is 137 cm³/mol. The third kappa shape index (κ3) is 5.25. The molecule has 0 aliphatic heterocycles. The molecule has 2 aromatic heterocycles. The maximum Gasteiger partial charge on any atom is 0.306 e. The molecule has 0 amide bonds. The fourth-order valence-electron chi connectivity index (χ4n) is 3.86. The van der Waals surface area contributed by atoms with Crippen molar-refractivity contribution in [2.24, 2.45) is 0 Å². The first-order valence-corrected chi connectivity index (χ1v) is 12.5. The fourth-order valence-corrected chi connectivity index (χ4v) is 4.99. The van der Waals surface area contributed by atoms with Gasteiger partial charge in [0, 0.05) is 22.7 Å². The molecular formula is C27H29N3O3S. The summed E-state index contributed by atoms with van der Waals surface area (Å²) < 4.78 is 12.9. The number of ether oxygens (including phenoxy) is 2. The van der Waals surface area contributed by atoms with E-state index in [2.05, 4.69) is 39.8 Å². The van der Waals surface area contributed by atoms with Crippen molar-refractivity contribution in [3.63, 3.8) is 0 Å². The van der Waals surface area contributed by atoms with Crippen LogP contribution in [0.4, 0.5) is 0 Å². The molecule has 0 radical (unpaired) electrons. The molecule has 0 bridgehead atoms. The summed E-state index contributed by atoms with van der Waals surface area (Å²) in [7, 11) is 0. The average molecular weight is 476 g/mol. The SMILES string of the molecule is CCOC(=O)C[C@H](CC)Sc1ncnc2c1c(-c1ccccc1)cn2-c1ccc(OCC)cc1. The molecular weight excluding hydrogens is 446 g/mol. The second-order valence-corrected chi connectivity index (χ2v) is 9.03. The van der Waals surface area contributed by atoms with Gasteiger partial charge in [-0.2, -0.15) is 0 Å². The predicted octanol–water partition coefficient (Wildman–Crippen LogP) is 6.31. The van der Waals surface area contributed by atoms with Gasteiger partial charge in [0.1, 0.15) is 22.7 Å². The molecule has 0 N–H and O–H groups in total. The molecule has 1 atom stereocenters. The van der Waals surface area contributed by atoms with Crippen LogP contribution < -0.4 is 4.74 Å². The highest BCUT2D eigenvalue weighted by atomic mass is 32.2.